The van der Waals surface area contributed by atoms with Crippen LogP contribution in [0.5, 0.6) is 23.0 Å². The minimum Gasteiger partial charge on any atom is -0.497 e. The van der Waals surface area contributed by atoms with E-state index in [1.165, 1.54) is 7.11 Å². The number of nitrogens with zero attached hydrogens (tertiary/aromatic N) is 2. The molecule has 0 spiro atoms. The summed E-state index contributed by atoms with van der Waals surface area (Å²) in [6.07, 6.45) is 9.87. The second-order valence-corrected chi connectivity index (χ2v) is 17.5. The number of amides is 2. The zero-order valence-electron chi connectivity index (χ0n) is 39.1. The van der Waals surface area contributed by atoms with Crippen LogP contribution in [-0.2, 0) is 25.7 Å². The van der Waals surface area contributed by atoms with Crippen LogP contribution in [-0.4, -0.2) is 98.3 Å². The Labute approximate surface area is 394 Å². The van der Waals surface area contributed by atoms with Crippen molar-refractivity contribution in [3.8, 4) is 23.0 Å². The number of rotatable bonds is 22. The minimum absolute atomic E-state index is 0.00443. The Kier molecular flexibility index (Phi) is 17.6. The van der Waals surface area contributed by atoms with Crippen LogP contribution in [0.4, 0.5) is 15.3 Å². The summed E-state index contributed by atoms with van der Waals surface area (Å²) in [6.45, 7) is 7.24. The molecule has 2 aliphatic heterocycles. The number of carbonyl (C=O) groups excluding carboxylic acids is 2. The summed E-state index contributed by atoms with van der Waals surface area (Å²) in [7, 11) is 3.06. The van der Waals surface area contributed by atoms with Crippen LogP contribution in [0.25, 0.3) is 0 Å². The molecule has 7 atom stereocenters. The van der Waals surface area contributed by atoms with E-state index in [4.69, 9.17) is 43.2 Å². The lowest BCUT2D eigenvalue weighted by Crippen LogP contribution is -2.70. The molecule has 3 N–H and O–H groups in total. The summed E-state index contributed by atoms with van der Waals surface area (Å²) in [5.74, 6) is -0.698. The Morgan fingerprint density at radius 2 is 1.76 bits per heavy atom. The number of aliphatic hydroxyl groups is 2. The molecule has 1 saturated heterocycles. The molecule has 2 aliphatic carbocycles. The molecule has 0 radical (unpaired) electrons. The number of allylic oxidation sites excluding steroid dienone is 1. The van der Waals surface area contributed by atoms with Gasteiger partial charge >= 0.3 is 12.2 Å². The van der Waals surface area contributed by atoms with E-state index < -0.39 is 36.2 Å². The first-order valence-corrected chi connectivity index (χ1v) is 23.8. The van der Waals surface area contributed by atoms with Gasteiger partial charge in [0.1, 0.15) is 35.6 Å². The SMILES string of the molecule is C=CCO[C@@]12Oc3ccc(OC(=O)Nc4ccc(OC)cc4OC)cc3[C@H]3[C@H](CCCCO)[C@@H](CCCCO)C=C(C(=NOC4CCCCO4)C[C@@H]1N(CCC)C(=O)OCc1ccccc1)[C@H]32. The highest BCUT2D eigenvalue weighted by Gasteiger charge is 2.65. The fourth-order valence-electron chi connectivity index (χ4n) is 10.2. The number of unbranched alkanes of at least 4 members (excludes halogenated alkanes) is 2. The van der Waals surface area contributed by atoms with Gasteiger partial charge in [0.2, 0.25) is 12.1 Å². The van der Waals surface area contributed by atoms with Gasteiger partial charge in [0.05, 0.1) is 44.8 Å². The lowest BCUT2D eigenvalue weighted by molar-refractivity contribution is -0.255. The van der Waals surface area contributed by atoms with Crippen LogP contribution in [0, 0.1) is 17.8 Å². The highest BCUT2D eigenvalue weighted by Crippen LogP contribution is 2.62. The van der Waals surface area contributed by atoms with Crippen LogP contribution in [0.3, 0.4) is 0 Å². The average molecular weight is 926 g/mol. The Balaban J connectivity index is 1.37. The maximum absolute atomic E-state index is 14.6. The number of nitrogens with one attached hydrogen (secondary N) is 1. The van der Waals surface area contributed by atoms with Crippen molar-refractivity contribution >= 4 is 23.6 Å². The Morgan fingerprint density at radius 1 is 0.970 bits per heavy atom. The first kappa shape index (κ1) is 49.3. The van der Waals surface area contributed by atoms with Gasteiger partial charge < -0.3 is 48.2 Å². The highest BCUT2D eigenvalue weighted by molar-refractivity contribution is 6.03. The van der Waals surface area contributed by atoms with E-state index in [0.717, 1.165) is 55.2 Å². The van der Waals surface area contributed by atoms with Crippen LogP contribution < -0.4 is 24.3 Å². The van der Waals surface area contributed by atoms with Crippen molar-refractivity contribution in [2.24, 2.45) is 22.9 Å². The van der Waals surface area contributed by atoms with Crippen molar-refractivity contribution in [3.05, 3.63) is 102 Å². The van der Waals surface area contributed by atoms with E-state index in [2.05, 4.69) is 18.0 Å². The van der Waals surface area contributed by atoms with Gasteiger partial charge in [0.15, 0.2) is 0 Å². The largest absolute Gasteiger partial charge is 0.497 e. The molecule has 67 heavy (non-hydrogen) atoms. The molecule has 2 heterocycles. The second-order valence-electron chi connectivity index (χ2n) is 17.5. The minimum atomic E-state index is -1.49. The van der Waals surface area contributed by atoms with Gasteiger partial charge in [0.25, 0.3) is 0 Å². The second kappa shape index (κ2) is 23.9. The molecule has 0 bridgehead atoms. The number of methoxy groups -OCH3 is 2. The van der Waals surface area contributed by atoms with Crippen molar-refractivity contribution in [3.63, 3.8) is 0 Å². The molecule has 3 aromatic rings. The summed E-state index contributed by atoms with van der Waals surface area (Å²) >= 11 is 0. The van der Waals surface area contributed by atoms with E-state index in [1.807, 2.05) is 43.3 Å². The van der Waals surface area contributed by atoms with Gasteiger partial charge in [-0.25, -0.2) is 9.59 Å². The van der Waals surface area contributed by atoms with Gasteiger partial charge in [-0.1, -0.05) is 67.4 Å². The van der Waals surface area contributed by atoms with E-state index in [0.29, 0.717) is 67.5 Å². The number of carbonyl (C=O) groups is 2. The van der Waals surface area contributed by atoms with E-state index in [1.54, 1.807) is 48.4 Å². The fraction of sp³-hybridized carbons (Fsp3) is 0.519. The van der Waals surface area contributed by atoms with Gasteiger partial charge in [0, 0.05) is 50.1 Å². The van der Waals surface area contributed by atoms with Gasteiger partial charge in [-0.2, -0.15) is 0 Å². The number of hydrogen-bond acceptors (Lipinski definition) is 13. The molecule has 2 amide bonds. The third kappa shape index (κ3) is 11.6. The van der Waals surface area contributed by atoms with Crippen LogP contribution >= 0.6 is 0 Å². The Bertz CT molecular complexity index is 2180. The zero-order chi connectivity index (χ0) is 47.2. The molecule has 4 aliphatic rings. The summed E-state index contributed by atoms with van der Waals surface area (Å²) in [5.41, 5.74) is 3.58. The third-order valence-electron chi connectivity index (χ3n) is 13.2. The summed E-state index contributed by atoms with van der Waals surface area (Å²) in [5, 5.41) is 27.7. The monoisotopic (exact) mass is 925 g/mol. The van der Waals surface area contributed by atoms with E-state index >= 15 is 0 Å². The quantitative estimate of drug-likeness (QED) is 0.0495. The molecule has 1 saturated carbocycles. The molecule has 15 heteroatoms. The molecule has 362 valence electrons. The molecule has 3 aromatic carbocycles. The van der Waals surface area contributed by atoms with Crippen molar-refractivity contribution < 1.29 is 57.8 Å². The van der Waals surface area contributed by atoms with E-state index in [9.17, 15) is 19.8 Å². The molecular weight excluding hydrogens is 859 g/mol. The Morgan fingerprint density at radius 3 is 2.48 bits per heavy atom. The Hall–Kier alpha value is -5.61. The maximum atomic E-state index is 14.6. The first-order valence-electron chi connectivity index (χ1n) is 23.8. The normalized spacial score (nSPS) is 24.5. The average Bonchev–Trinajstić information content (AvgIpc) is 3.35. The predicted molar refractivity (Wildman–Crippen MR) is 252 cm³/mol. The molecule has 1 unspecified atom stereocenters. The number of ether oxygens (including phenoxy) is 7. The van der Waals surface area contributed by atoms with Crippen molar-refractivity contribution in [2.75, 3.05) is 52.5 Å². The number of aliphatic hydroxyl groups excluding tert-OH is 2. The third-order valence-corrected chi connectivity index (χ3v) is 13.2. The smallest absolute Gasteiger partial charge is 0.417 e. The summed E-state index contributed by atoms with van der Waals surface area (Å²) < 4.78 is 43.4. The maximum Gasteiger partial charge on any atom is 0.417 e. The number of anilines is 1. The van der Waals surface area contributed by atoms with Gasteiger partial charge in [-0.15, -0.1) is 6.58 Å². The van der Waals surface area contributed by atoms with Crippen LogP contribution in [0.1, 0.15) is 94.6 Å². The standard InChI is InChI=1S/C52H67N3O12/c1-5-25-55(51(59)63-34-35-16-8-7-9-17-35)46-33-43(54-67-47-20-12-15-29-62-47)40-30-36(18-10-13-26-56)39(19-11-14-27-57)48-41-31-38(22-24-44(41)66-52(46,49(40)48)64-28-6-2)65-50(58)53-42-23-21-37(60-3)32-45(42)61-4/h6-9,16-17,21-24,30-32,36,39,46-49,56-57H,2,5,10-15,18-20,25-29,33-34H2,1,3-4H3,(H,53,58)/t36-,39+,46-,47?,48+,49+,52+/m0/s1. The van der Waals surface area contributed by atoms with Gasteiger partial charge in [-0.05, 0) is 98.2 Å². The lowest BCUT2D eigenvalue weighted by atomic mass is 9.55. The molecule has 0 aromatic heterocycles. The number of hydrogen-bond donors (Lipinski definition) is 3. The van der Waals surface area contributed by atoms with Crippen molar-refractivity contribution in [1.29, 1.82) is 0 Å². The van der Waals surface area contributed by atoms with Crippen LogP contribution in [0.15, 0.2) is 96.2 Å². The van der Waals surface area contributed by atoms with E-state index in [-0.39, 0.29) is 56.4 Å². The number of oxime groups is 1. The van der Waals surface area contributed by atoms with Crippen molar-refractivity contribution in [1.82, 2.24) is 4.90 Å². The lowest BCUT2D eigenvalue weighted by Gasteiger charge is -2.59. The summed E-state index contributed by atoms with van der Waals surface area (Å²) in [6, 6.07) is 19.2. The van der Waals surface area contributed by atoms with Crippen LogP contribution in [0.2, 0.25) is 0 Å². The van der Waals surface area contributed by atoms with Crippen molar-refractivity contribution in [2.45, 2.75) is 108 Å². The first-order chi connectivity index (χ1) is 32.8. The zero-order valence-corrected chi connectivity index (χ0v) is 39.1. The highest BCUT2D eigenvalue weighted by atomic mass is 16.8. The number of fused-ring (bicyclic) bond motifs is 2. The molecule has 15 nitrogen and oxygen atoms in total. The number of benzene rings is 3. The molecule has 2 fully saturated rings. The molecule has 7 rings (SSSR count). The molecular formula is C52H67N3O12. The fourth-order valence-corrected chi connectivity index (χ4v) is 10.2. The topological polar surface area (TPSA) is 176 Å². The van der Waals surface area contributed by atoms with Gasteiger partial charge in [-0.3, -0.25) is 10.2 Å². The summed E-state index contributed by atoms with van der Waals surface area (Å²) in [4.78, 5) is 36.3. The predicted octanol–water partition coefficient (Wildman–Crippen LogP) is 9.52.